The lowest BCUT2D eigenvalue weighted by molar-refractivity contribution is -0.112. The smallest absolute Gasteiger partial charge is 0.268 e. The minimum atomic E-state index is -0.449. The first-order chi connectivity index (χ1) is 8.58. The van der Waals surface area contributed by atoms with Crippen LogP contribution in [-0.4, -0.2) is 19.2 Å². The molecular weight excluding hydrogens is 271 g/mol. The van der Waals surface area contributed by atoms with Crippen LogP contribution in [0.4, 0.5) is 5.69 Å². The number of halogens is 2. The van der Waals surface area contributed by atoms with Crippen LogP contribution in [-0.2, 0) is 11.2 Å². The van der Waals surface area contributed by atoms with Crippen molar-refractivity contribution in [2.75, 3.05) is 12.4 Å². The van der Waals surface area contributed by atoms with Crippen molar-refractivity contribution in [3.63, 3.8) is 0 Å². The van der Waals surface area contributed by atoms with Gasteiger partial charge in [-0.25, -0.2) is 0 Å². The molecule has 1 N–H and O–H groups in total. The summed E-state index contributed by atoms with van der Waals surface area (Å²) in [6.45, 7) is 2.04. The summed E-state index contributed by atoms with van der Waals surface area (Å²) in [6, 6.07) is 7.55. The van der Waals surface area contributed by atoms with Crippen LogP contribution in [0.15, 0.2) is 39.3 Å². The highest BCUT2D eigenvalue weighted by Crippen LogP contribution is 2.16. The van der Waals surface area contributed by atoms with Gasteiger partial charge >= 0.3 is 0 Å². The van der Waals surface area contributed by atoms with Crippen molar-refractivity contribution in [3.8, 4) is 0 Å². The van der Waals surface area contributed by atoms with Gasteiger partial charge in [-0.05, 0) is 24.1 Å². The molecule has 0 aliphatic carbocycles. The lowest BCUT2D eigenvalue weighted by Gasteiger charge is -2.06. The molecule has 1 aromatic rings. The van der Waals surface area contributed by atoms with Gasteiger partial charge < -0.3 is 5.32 Å². The number of hydrogen-bond acceptors (Lipinski definition) is 2. The van der Waals surface area contributed by atoms with E-state index in [1.54, 1.807) is 13.1 Å². The average Bonchev–Trinajstić information content (AvgIpc) is 2.38. The molecule has 0 saturated heterocycles. The van der Waals surface area contributed by atoms with Gasteiger partial charge in [0.15, 0.2) is 0 Å². The third kappa shape index (κ3) is 4.17. The first-order valence-electron chi connectivity index (χ1n) is 5.46. The molecule has 0 fully saturated rings. The number of aryl methyl sites for hydroxylation is 1. The van der Waals surface area contributed by atoms with E-state index < -0.39 is 5.91 Å². The fourth-order valence-corrected chi connectivity index (χ4v) is 1.61. The predicted molar refractivity (Wildman–Crippen MR) is 77.6 cm³/mol. The van der Waals surface area contributed by atoms with Gasteiger partial charge in [-0.1, -0.05) is 42.3 Å². The highest BCUT2D eigenvalue weighted by molar-refractivity contribution is 6.53. The zero-order valence-corrected chi connectivity index (χ0v) is 11.7. The maximum Gasteiger partial charge on any atom is 0.268 e. The van der Waals surface area contributed by atoms with Gasteiger partial charge in [0, 0.05) is 18.9 Å². The predicted octanol–water partition coefficient (Wildman–Crippen LogP) is 3.58. The number of carbonyl (C=O) groups is 1. The van der Waals surface area contributed by atoms with Crippen LogP contribution in [0.1, 0.15) is 12.5 Å². The Morgan fingerprint density at radius 1 is 1.44 bits per heavy atom. The van der Waals surface area contributed by atoms with Crippen molar-refractivity contribution in [3.05, 3.63) is 39.9 Å². The maximum atomic E-state index is 11.8. The molecule has 18 heavy (non-hydrogen) atoms. The summed E-state index contributed by atoms with van der Waals surface area (Å²) in [5, 5.41) is 2.72. The molecule has 5 heteroatoms. The minimum Gasteiger partial charge on any atom is -0.321 e. The monoisotopic (exact) mass is 284 g/mol. The molecule has 0 heterocycles. The van der Waals surface area contributed by atoms with Gasteiger partial charge in [0.1, 0.15) is 5.03 Å². The Balaban J connectivity index is 2.84. The molecule has 0 aliphatic heterocycles. The molecule has 0 unspecified atom stereocenters. The number of amides is 1. The molecule has 3 nitrogen and oxygen atoms in total. The number of nitrogens with zero attached hydrogens (tertiary/aromatic N) is 1. The third-order valence-corrected chi connectivity index (χ3v) is 3.00. The zero-order chi connectivity index (χ0) is 13.5. The minimum absolute atomic E-state index is 0.0795. The van der Waals surface area contributed by atoms with Gasteiger partial charge in [0.05, 0.1) is 5.03 Å². The van der Waals surface area contributed by atoms with E-state index >= 15 is 0 Å². The molecule has 1 aromatic carbocycles. The Labute approximate surface area is 117 Å². The standard InChI is InChI=1S/C13H14Cl2N2O/c1-3-9-5-4-6-10(7-9)17-13(18)12(15)11(14)8-16-2/h4-8H,3H2,1-2H3,(H,17,18)/b12-11-,16-8?. The Kier molecular flexibility index (Phi) is 5.89. The van der Waals surface area contributed by atoms with E-state index in [4.69, 9.17) is 23.2 Å². The molecule has 0 aliphatic rings. The van der Waals surface area contributed by atoms with E-state index in [1.807, 2.05) is 25.1 Å². The number of benzene rings is 1. The van der Waals surface area contributed by atoms with Crippen LogP contribution in [0.2, 0.25) is 0 Å². The van der Waals surface area contributed by atoms with E-state index in [0.717, 1.165) is 12.0 Å². The van der Waals surface area contributed by atoms with E-state index in [1.165, 1.54) is 6.21 Å². The summed E-state index contributed by atoms with van der Waals surface area (Å²) in [7, 11) is 1.55. The van der Waals surface area contributed by atoms with E-state index in [2.05, 4.69) is 10.3 Å². The number of anilines is 1. The Morgan fingerprint density at radius 2 is 2.17 bits per heavy atom. The molecule has 96 valence electrons. The van der Waals surface area contributed by atoms with Crippen LogP contribution >= 0.6 is 23.2 Å². The molecule has 1 rings (SSSR count). The van der Waals surface area contributed by atoms with Crippen LogP contribution in [0.5, 0.6) is 0 Å². The third-order valence-electron chi connectivity index (χ3n) is 2.24. The second-order valence-electron chi connectivity index (χ2n) is 3.56. The van der Waals surface area contributed by atoms with Crippen molar-refractivity contribution in [1.82, 2.24) is 0 Å². The summed E-state index contributed by atoms with van der Waals surface area (Å²) in [5.74, 6) is -0.449. The largest absolute Gasteiger partial charge is 0.321 e. The van der Waals surface area contributed by atoms with E-state index in [0.29, 0.717) is 5.69 Å². The first-order valence-corrected chi connectivity index (χ1v) is 6.21. The second kappa shape index (κ2) is 7.19. The molecule has 0 spiro atoms. The molecule has 0 atom stereocenters. The lowest BCUT2D eigenvalue weighted by atomic mass is 10.1. The van der Waals surface area contributed by atoms with Gasteiger partial charge in [-0.3, -0.25) is 9.79 Å². The Hall–Kier alpha value is -1.32. The van der Waals surface area contributed by atoms with Crippen LogP contribution < -0.4 is 5.32 Å². The zero-order valence-electron chi connectivity index (χ0n) is 10.2. The molecule has 0 aromatic heterocycles. The Morgan fingerprint density at radius 3 is 2.78 bits per heavy atom. The Bertz CT molecular complexity index is 496. The molecular formula is C13H14Cl2N2O. The average molecular weight is 285 g/mol. The highest BCUT2D eigenvalue weighted by atomic mass is 35.5. The van der Waals surface area contributed by atoms with Crippen molar-refractivity contribution >= 4 is 41.0 Å². The quantitative estimate of drug-likeness (QED) is 0.666. The number of aliphatic imine (C=N–C) groups is 1. The topological polar surface area (TPSA) is 41.5 Å². The lowest BCUT2D eigenvalue weighted by Crippen LogP contribution is -2.12. The van der Waals surface area contributed by atoms with Gasteiger partial charge in [-0.15, -0.1) is 0 Å². The summed E-state index contributed by atoms with van der Waals surface area (Å²) < 4.78 is 0. The van der Waals surface area contributed by atoms with Crippen molar-refractivity contribution < 1.29 is 4.79 Å². The number of carbonyl (C=O) groups excluding carboxylic acids is 1. The molecule has 0 radical (unpaired) electrons. The first kappa shape index (κ1) is 14.7. The van der Waals surface area contributed by atoms with Crippen molar-refractivity contribution in [2.45, 2.75) is 13.3 Å². The van der Waals surface area contributed by atoms with Gasteiger partial charge in [-0.2, -0.15) is 0 Å². The normalized spacial score (nSPS) is 12.4. The number of rotatable bonds is 4. The SMILES string of the molecule is CCc1cccc(NC(=O)/C(Cl)=C(/Cl)C=NC)c1. The van der Waals surface area contributed by atoms with Crippen LogP contribution in [0, 0.1) is 0 Å². The molecule has 1 amide bonds. The summed E-state index contributed by atoms with van der Waals surface area (Å²) >= 11 is 11.6. The molecule has 0 bridgehead atoms. The highest BCUT2D eigenvalue weighted by Gasteiger charge is 2.11. The van der Waals surface area contributed by atoms with E-state index in [-0.39, 0.29) is 10.1 Å². The number of hydrogen-bond donors (Lipinski definition) is 1. The fourth-order valence-electron chi connectivity index (χ4n) is 1.33. The van der Waals surface area contributed by atoms with Crippen LogP contribution in [0.3, 0.4) is 0 Å². The van der Waals surface area contributed by atoms with Gasteiger partial charge in [0.2, 0.25) is 0 Å². The van der Waals surface area contributed by atoms with E-state index in [9.17, 15) is 4.79 Å². The summed E-state index contributed by atoms with van der Waals surface area (Å²) in [5.41, 5.74) is 1.82. The summed E-state index contributed by atoms with van der Waals surface area (Å²) in [6.07, 6.45) is 2.22. The summed E-state index contributed by atoms with van der Waals surface area (Å²) in [4.78, 5) is 15.5. The van der Waals surface area contributed by atoms with Crippen LogP contribution in [0.25, 0.3) is 0 Å². The van der Waals surface area contributed by atoms with Gasteiger partial charge in [0.25, 0.3) is 5.91 Å². The fraction of sp³-hybridized carbons (Fsp3) is 0.231. The second-order valence-corrected chi connectivity index (χ2v) is 4.34. The van der Waals surface area contributed by atoms with Crippen molar-refractivity contribution in [2.24, 2.45) is 4.99 Å². The maximum absolute atomic E-state index is 11.8. The number of allylic oxidation sites excluding steroid dienone is 1. The number of nitrogens with one attached hydrogen (secondary N) is 1. The van der Waals surface area contributed by atoms with Crippen molar-refractivity contribution in [1.29, 1.82) is 0 Å². The molecule has 0 saturated carbocycles.